The topological polar surface area (TPSA) is 156 Å². The van der Waals surface area contributed by atoms with Gasteiger partial charge in [0.25, 0.3) is 0 Å². The van der Waals surface area contributed by atoms with Crippen molar-refractivity contribution in [1.29, 1.82) is 0 Å². The molecule has 14 heteroatoms. The van der Waals surface area contributed by atoms with Gasteiger partial charge in [0.2, 0.25) is 5.91 Å². The summed E-state index contributed by atoms with van der Waals surface area (Å²) in [4.78, 5) is 40.4. The van der Waals surface area contributed by atoms with Gasteiger partial charge in [-0.25, -0.2) is 9.78 Å². The summed E-state index contributed by atoms with van der Waals surface area (Å²) in [6.07, 6.45) is -0.400. The number of benzene rings is 2. The Balaban J connectivity index is 1.59. The second-order valence-electron chi connectivity index (χ2n) is 8.52. The van der Waals surface area contributed by atoms with Gasteiger partial charge in [0.15, 0.2) is 0 Å². The Morgan fingerprint density at radius 1 is 0.950 bits per heavy atom. The van der Waals surface area contributed by atoms with Crippen LogP contribution < -0.4 is 15.4 Å². The minimum absolute atomic E-state index is 0.184. The third-order valence-corrected chi connectivity index (χ3v) is 8.01. The summed E-state index contributed by atoms with van der Waals surface area (Å²) >= 11 is 3.00. The van der Waals surface area contributed by atoms with Crippen molar-refractivity contribution in [3.05, 3.63) is 94.3 Å². The molecule has 2 amide bonds. The molecule has 11 nitrogen and oxygen atoms in total. The minimum atomic E-state index is -4.41. The van der Waals surface area contributed by atoms with Crippen molar-refractivity contribution < 1.29 is 32.3 Å². The van der Waals surface area contributed by atoms with Gasteiger partial charge in [-0.2, -0.15) is 13.3 Å². The number of rotatable bonds is 12. The Labute approximate surface area is 239 Å². The van der Waals surface area contributed by atoms with Crippen LogP contribution >= 0.6 is 22.7 Å². The fraction of sp³-hybridized carbons (Fsp3) is 0.192. The fourth-order valence-corrected chi connectivity index (χ4v) is 5.98. The van der Waals surface area contributed by atoms with E-state index in [1.54, 1.807) is 23.5 Å². The Kier molecular flexibility index (Phi) is 9.84. The molecule has 0 bridgehead atoms. The Morgan fingerprint density at radius 3 is 2.33 bits per heavy atom. The molecule has 0 fully saturated rings. The number of hydrogen-bond acceptors (Lipinski definition) is 9. The number of thiophene rings is 1. The molecular formula is C26H26N4O7S3. The second-order valence-corrected chi connectivity index (χ2v) is 11.5. The van der Waals surface area contributed by atoms with Crippen molar-refractivity contribution in [1.82, 2.24) is 15.6 Å². The van der Waals surface area contributed by atoms with E-state index < -0.39 is 34.4 Å². The molecule has 2 heterocycles. The van der Waals surface area contributed by atoms with Crippen molar-refractivity contribution in [2.45, 2.75) is 24.9 Å². The third-order valence-electron chi connectivity index (χ3n) is 5.62. The molecule has 0 aliphatic rings. The highest BCUT2D eigenvalue weighted by Crippen LogP contribution is 2.31. The van der Waals surface area contributed by atoms with Crippen LogP contribution in [0.15, 0.2) is 77.5 Å². The summed E-state index contributed by atoms with van der Waals surface area (Å²) in [5, 5.41) is 10.2. The maximum atomic E-state index is 13.6. The monoisotopic (exact) mass is 602 g/mol. The number of aromatic nitrogens is 1. The quantitative estimate of drug-likeness (QED) is 0.106. The molecule has 4 aromatic rings. The molecule has 0 radical (unpaired) electrons. The Morgan fingerprint density at radius 2 is 1.68 bits per heavy atom. The molecule has 0 aliphatic carbocycles. The molecule has 0 saturated carbocycles. The highest BCUT2D eigenvalue weighted by atomic mass is 32.2. The van der Waals surface area contributed by atoms with E-state index in [-0.39, 0.29) is 12.1 Å². The number of amides is 2. The molecule has 4 N–H and O–H groups in total. The number of anilines is 1. The zero-order valence-corrected chi connectivity index (χ0v) is 23.6. The molecule has 2 aromatic heterocycles. The van der Waals surface area contributed by atoms with E-state index in [0.29, 0.717) is 12.1 Å². The SMILES string of the molecule is COOC(=O)N[C@@H](Cc1ccccc1)C(=O)N[C@@H](Cc1ccc(NS(=O)(=O)O)cc1)c1csc(-c2cccs2)n1. The van der Waals surface area contributed by atoms with Crippen molar-refractivity contribution in [3.63, 3.8) is 0 Å². The minimum Gasteiger partial charge on any atom is -0.346 e. The summed E-state index contributed by atoms with van der Waals surface area (Å²) in [6, 6.07) is 17.9. The highest BCUT2D eigenvalue weighted by Gasteiger charge is 2.27. The first kappa shape index (κ1) is 29.2. The number of nitrogens with one attached hydrogen (secondary N) is 3. The lowest BCUT2D eigenvalue weighted by molar-refractivity contribution is -0.213. The summed E-state index contributed by atoms with van der Waals surface area (Å²) in [7, 11) is -3.22. The second kappa shape index (κ2) is 13.5. The highest BCUT2D eigenvalue weighted by molar-refractivity contribution is 7.87. The maximum absolute atomic E-state index is 13.6. The summed E-state index contributed by atoms with van der Waals surface area (Å²) in [5.74, 6) is -0.461. The van der Waals surface area contributed by atoms with Crippen LogP contribution in [-0.2, 0) is 37.7 Å². The first-order valence-corrected chi connectivity index (χ1v) is 15.1. The van der Waals surface area contributed by atoms with Crippen LogP contribution in [0.1, 0.15) is 22.9 Å². The summed E-state index contributed by atoms with van der Waals surface area (Å²) in [6.45, 7) is 0. The smallest absolute Gasteiger partial charge is 0.346 e. The molecule has 0 spiro atoms. The van der Waals surface area contributed by atoms with E-state index in [1.807, 2.05) is 57.9 Å². The largest absolute Gasteiger partial charge is 0.439 e. The number of thiazole rings is 1. The van der Waals surface area contributed by atoms with Gasteiger partial charge in [0.05, 0.1) is 29.4 Å². The zero-order valence-electron chi connectivity index (χ0n) is 21.1. The van der Waals surface area contributed by atoms with E-state index >= 15 is 0 Å². The molecule has 0 unspecified atom stereocenters. The van der Waals surface area contributed by atoms with E-state index in [2.05, 4.69) is 20.4 Å². The summed E-state index contributed by atoms with van der Waals surface area (Å²) in [5.41, 5.74) is 2.40. The molecule has 0 aliphatic heterocycles. The number of carbonyl (C=O) groups excluding carboxylic acids is 2. The molecule has 4 rings (SSSR count). The van der Waals surface area contributed by atoms with Crippen LogP contribution in [0, 0.1) is 0 Å². The predicted octanol–water partition coefficient (Wildman–Crippen LogP) is 4.39. The van der Waals surface area contributed by atoms with Crippen molar-refractivity contribution in [2.75, 3.05) is 11.8 Å². The van der Waals surface area contributed by atoms with Crippen LogP contribution in [0.25, 0.3) is 9.88 Å². The van der Waals surface area contributed by atoms with Gasteiger partial charge < -0.3 is 10.6 Å². The van der Waals surface area contributed by atoms with Crippen LogP contribution in [0.4, 0.5) is 10.5 Å². The molecule has 2 atom stereocenters. The van der Waals surface area contributed by atoms with Gasteiger partial charge in [0.1, 0.15) is 11.0 Å². The van der Waals surface area contributed by atoms with Gasteiger partial charge in [-0.15, -0.1) is 22.7 Å². The van der Waals surface area contributed by atoms with Crippen LogP contribution in [0.5, 0.6) is 0 Å². The molecule has 210 valence electrons. The normalized spacial score (nSPS) is 12.8. The summed E-state index contributed by atoms with van der Waals surface area (Å²) < 4.78 is 33.3. The Bertz CT molecular complexity index is 1510. The van der Waals surface area contributed by atoms with Crippen LogP contribution in [-0.4, -0.2) is 43.1 Å². The molecular weight excluding hydrogens is 577 g/mol. The first-order chi connectivity index (χ1) is 19.2. The predicted molar refractivity (Wildman–Crippen MR) is 152 cm³/mol. The number of carbonyl (C=O) groups is 2. The lowest BCUT2D eigenvalue weighted by Gasteiger charge is -2.22. The van der Waals surface area contributed by atoms with Gasteiger partial charge in [-0.1, -0.05) is 48.5 Å². The molecule has 0 saturated heterocycles. The van der Waals surface area contributed by atoms with Gasteiger partial charge in [0, 0.05) is 11.8 Å². The number of hydrogen-bond donors (Lipinski definition) is 4. The molecule has 2 aromatic carbocycles. The standard InChI is InChI=1S/C26H26N4O7S3/c1-36-37-26(32)29-21(15-17-6-3-2-4-7-17)24(31)27-20(22-16-39-25(28-22)23-8-5-13-38-23)14-18-9-11-19(12-10-18)30-40(33,34)35/h2-13,16,20-21,30H,14-15H2,1H3,(H,27,31)(H,29,32)(H,33,34,35)/t20-,21-/m0/s1. The van der Waals surface area contributed by atoms with E-state index in [4.69, 9.17) is 9.54 Å². The first-order valence-electron chi connectivity index (χ1n) is 11.9. The van der Waals surface area contributed by atoms with Crippen LogP contribution in [0.2, 0.25) is 0 Å². The fourth-order valence-electron chi connectivity index (χ4n) is 3.86. The van der Waals surface area contributed by atoms with E-state index in [9.17, 15) is 18.0 Å². The van der Waals surface area contributed by atoms with E-state index in [0.717, 1.165) is 21.0 Å². The van der Waals surface area contributed by atoms with Crippen molar-refractivity contribution >= 4 is 50.7 Å². The lowest BCUT2D eigenvalue weighted by atomic mass is 10.0. The van der Waals surface area contributed by atoms with Gasteiger partial charge in [-0.3, -0.25) is 19.0 Å². The van der Waals surface area contributed by atoms with Crippen LogP contribution in [0.3, 0.4) is 0 Å². The van der Waals surface area contributed by atoms with Gasteiger partial charge >= 0.3 is 16.4 Å². The lowest BCUT2D eigenvalue weighted by Crippen LogP contribution is -2.49. The van der Waals surface area contributed by atoms with Crippen molar-refractivity contribution in [3.8, 4) is 9.88 Å². The third kappa shape index (κ3) is 8.59. The van der Waals surface area contributed by atoms with Gasteiger partial charge in [-0.05, 0) is 41.1 Å². The zero-order chi connectivity index (χ0) is 28.5. The average Bonchev–Trinajstić information content (AvgIpc) is 3.61. The van der Waals surface area contributed by atoms with Crippen molar-refractivity contribution in [2.24, 2.45) is 0 Å². The number of nitrogens with zero attached hydrogens (tertiary/aromatic N) is 1. The Hall–Kier alpha value is -3.82. The van der Waals surface area contributed by atoms with E-state index in [1.165, 1.54) is 30.6 Å². The average molecular weight is 603 g/mol. The molecule has 40 heavy (non-hydrogen) atoms. The maximum Gasteiger partial charge on any atom is 0.439 e.